The Hall–Kier alpha value is -2.03. The quantitative estimate of drug-likeness (QED) is 0.784. The van der Waals surface area contributed by atoms with Gasteiger partial charge in [-0.05, 0) is 0 Å². The molecule has 4 N–H and O–H groups in total. The first-order chi connectivity index (χ1) is 8.30. The van der Waals surface area contributed by atoms with Gasteiger partial charge >= 0.3 is 12.3 Å². The van der Waals surface area contributed by atoms with Crippen molar-refractivity contribution in [1.29, 1.82) is 0 Å². The van der Waals surface area contributed by atoms with E-state index in [1.807, 2.05) is 0 Å². The van der Waals surface area contributed by atoms with Crippen molar-refractivity contribution in [1.82, 2.24) is 4.98 Å². The average molecular weight is 265 g/mol. The minimum absolute atomic E-state index is 0.0221. The molecule has 0 aliphatic heterocycles. The van der Waals surface area contributed by atoms with Gasteiger partial charge in [-0.15, -0.1) is 13.2 Å². The fourth-order valence-corrected chi connectivity index (χ4v) is 1.24. The number of hydrogen-bond donors (Lipinski definition) is 2. The Morgan fingerprint density at radius 3 is 2.56 bits per heavy atom. The van der Waals surface area contributed by atoms with Crippen LogP contribution in [0.15, 0.2) is 6.20 Å². The second-order valence-electron chi connectivity index (χ2n) is 3.10. The van der Waals surface area contributed by atoms with Crippen molar-refractivity contribution in [2.45, 2.75) is 12.9 Å². The van der Waals surface area contributed by atoms with E-state index in [0.29, 0.717) is 0 Å². The highest BCUT2D eigenvalue weighted by molar-refractivity contribution is 5.97. The Balaban J connectivity index is 3.30. The van der Waals surface area contributed by atoms with Gasteiger partial charge < -0.3 is 20.9 Å². The second kappa shape index (κ2) is 5.08. The topological polar surface area (TPSA) is 100 Å². The van der Waals surface area contributed by atoms with Gasteiger partial charge in [-0.1, -0.05) is 0 Å². The number of rotatable bonds is 3. The number of pyridine rings is 1. The van der Waals surface area contributed by atoms with Crippen molar-refractivity contribution >= 4 is 11.7 Å². The van der Waals surface area contributed by atoms with E-state index in [0.717, 1.165) is 13.3 Å². The van der Waals surface area contributed by atoms with Crippen LogP contribution in [0.2, 0.25) is 0 Å². The van der Waals surface area contributed by atoms with Crippen LogP contribution in [-0.4, -0.2) is 24.4 Å². The zero-order valence-corrected chi connectivity index (χ0v) is 9.25. The molecule has 0 aliphatic rings. The van der Waals surface area contributed by atoms with Crippen molar-refractivity contribution in [2.75, 3.05) is 12.8 Å². The lowest BCUT2D eigenvalue weighted by Crippen LogP contribution is -2.21. The van der Waals surface area contributed by atoms with E-state index in [2.05, 4.69) is 14.5 Å². The van der Waals surface area contributed by atoms with Crippen LogP contribution in [0.5, 0.6) is 5.75 Å². The van der Waals surface area contributed by atoms with Crippen molar-refractivity contribution in [3.05, 3.63) is 17.5 Å². The summed E-state index contributed by atoms with van der Waals surface area (Å²) < 4.78 is 44.2. The highest BCUT2D eigenvalue weighted by Gasteiger charge is 2.33. The first-order valence-electron chi connectivity index (χ1n) is 4.61. The molecule has 0 spiro atoms. The summed E-state index contributed by atoms with van der Waals surface area (Å²) in [7, 11) is 1.05. The third-order valence-corrected chi connectivity index (χ3v) is 1.97. The molecule has 0 fully saturated rings. The number of halogens is 3. The van der Waals surface area contributed by atoms with Crippen molar-refractivity contribution in [3.8, 4) is 5.75 Å². The monoisotopic (exact) mass is 265 g/mol. The average Bonchev–Trinajstić information content (AvgIpc) is 2.29. The summed E-state index contributed by atoms with van der Waals surface area (Å²) in [6.07, 6.45) is -4.19. The zero-order valence-electron chi connectivity index (χ0n) is 9.25. The predicted molar refractivity (Wildman–Crippen MR) is 54.6 cm³/mol. The molecular weight excluding hydrogens is 255 g/mol. The van der Waals surface area contributed by atoms with Gasteiger partial charge in [-0.2, -0.15) is 0 Å². The number of methoxy groups -OCH3 is 1. The van der Waals surface area contributed by atoms with E-state index in [9.17, 15) is 18.0 Å². The van der Waals surface area contributed by atoms with Gasteiger partial charge in [0, 0.05) is 6.54 Å². The van der Waals surface area contributed by atoms with E-state index in [1.165, 1.54) is 0 Å². The second-order valence-corrected chi connectivity index (χ2v) is 3.10. The molecule has 18 heavy (non-hydrogen) atoms. The van der Waals surface area contributed by atoms with Gasteiger partial charge in [-0.3, -0.25) is 4.98 Å². The van der Waals surface area contributed by atoms with Gasteiger partial charge in [0.1, 0.15) is 5.56 Å². The maximum absolute atomic E-state index is 12.1. The van der Waals surface area contributed by atoms with Gasteiger partial charge in [0.2, 0.25) is 0 Å². The molecule has 0 amide bonds. The highest BCUT2D eigenvalue weighted by Crippen LogP contribution is 2.31. The van der Waals surface area contributed by atoms with Crippen LogP contribution in [0.25, 0.3) is 0 Å². The smallest absolute Gasteiger partial charge is 0.465 e. The lowest BCUT2D eigenvalue weighted by atomic mass is 10.1. The van der Waals surface area contributed by atoms with Crippen LogP contribution in [0, 0.1) is 0 Å². The number of nitrogen functional groups attached to an aromatic ring is 1. The molecule has 1 aromatic heterocycles. The van der Waals surface area contributed by atoms with E-state index in [1.54, 1.807) is 0 Å². The van der Waals surface area contributed by atoms with E-state index >= 15 is 0 Å². The SMILES string of the molecule is COC(=O)c1c(CN)ncc(OC(F)(F)F)c1N. The Bertz CT molecular complexity index is 462. The summed E-state index contributed by atoms with van der Waals surface area (Å²) in [4.78, 5) is 15.0. The maximum Gasteiger partial charge on any atom is 0.573 e. The Morgan fingerprint density at radius 2 is 2.11 bits per heavy atom. The molecule has 0 aliphatic carbocycles. The number of nitrogens with two attached hydrogens (primary N) is 2. The van der Waals surface area contributed by atoms with Crippen molar-refractivity contribution in [3.63, 3.8) is 0 Å². The van der Waals surface area contributed by atoms with E-state index in [-0.39, 0.29) is 17.8 Å². The van der Waals surface area contributed by atoms with Gasteiger partial charge in [0.05, 0.1) is 24.7 Å². The van der Waals surface area contributed by atoms with Crippen LogP contribution in [0.1, 0.15) is 16.1 Å². The number of carbonyl (C=O) groups excluding carboxylic acids is 1. The third kappa shape index (κ3) is 3.00. The van der Waals surface area contributed by atoms with Crippen molar-refractivity contribution < 1.29 is 27.4 Å². The molecule has 9 heteroatoms. The van der Waals surface area contributed by atoms with Crippen LogP contribution in [-0.2, 0) is 11.3 Å². The van der Waals surface area contributed by atoms with Crippen LogP contribution < -0.4 is 16.2 Å². The van der Waals surface area contributed by atoms with Crippen molar-refractivity contribution in [2.24, 2.45) is 5.73 Å². The van der Waals surface area contributed by atoms with Crippen LogP contribution >= 0.6 is 0 Å². The summed E-state index contributed by atoms with van der Waals surface area (Å²) in [5.41, 5.74) is 9.89. The Morgan fingerprint density at radius 1 is 1.50 bits per heavy atom. The summed E-state index contributed by atoms with van der Waals surface area (Å²) in [6, 6.07) is 0. The Labute approximate surface area is 99.7 Å². The standard InChI is InChI=1S/C9H10F3N3O3/c1-17-8(16)6-4(2-13)15-3-5(7(6)14)18-9(10,11)12/h3H,2,13H2,1H3,(H2,14,15). The van der Waals surface area contributed by atoms with Crippen LogP contribution in [0.4, 0.5) is 18.9 Å². The third-order valence-electron chi connectivity index (χ3n) is 1.97. The summed E-state index contributed by atoms with van der Waals surface area (Å²) in [6.45, 7) is -0.180. The number of aromatic nitrogens is 1. The summed E-state index contributed by atoms with van der Waals surface area (Å²) >= 11 is 0. The number of anilines is 1. The minimum atomic E-state index is -4.94. The van der Waals surface area contributed by atoms with Gasteiger partial charge in [0.25, 0.3) is 0 Å². The molecule has 0 radical (unpaired) electrons. The molecule has 0 aromatic carbocycles. The molecule has 6 nitrogen and oxygen atoms in total. The first kappa shape index (κ1) is 14.0. The molecule has 0 atom stereocenters. The predicted octanol–water partition coefficient (Wildman–Crippen LogP) is 0.808. The zero-order chi connectivity index (χ0) is 13.9. The minimum Gasteiger partial charge on any atom is -0.465 e. The maximum atomic E-state index is 12.1. The fraction of sp³-hybridized carbons (Fsp3) is 0.333. The molecule has 100 valence electrons. The number of carbonyl (C=O) groups is 1. The first-order valence-corrected chi connectivity index (χ1v) is 4.61. The normalized spacial score (nSPS) is 11.2. The van der Waals surface area contributed by atoms with E-state index < -0.39 is 23.8 Å². The lowest BCUT2D eigenvalue weighted by Gasteiger charge is -2.14. The molecule has 1 heterocycles. The lowest BCUT2D eigenvalue weighted by molar-refractivity contribution is -0.274. The summed E-state index contributed by atoms with van der Waals surface area (Å²) in [5, 5.41) is 0. The number of esters is 1. The highest BCUT2D eigenvalue weighted by atomic mass is 19.4. The number of hydrogen-bond acceptors (Lipinski definition) is 6. The largest absolute Gasteiger partial charge is 0.573 e. The molecule has 0 saturated heterocycles. The molecule has 0 bridgehead atoms. The Kier molecular flexibility index (Phi) is 3.96. The molecule has 0 saturated carbocycles. The fourth-order valence-electron chi connectivity index (χ4n) is 1.24. The van der Waals surface area contributed by atoms with Crippen LogP contribution in [0.3, 0.4) is 0 Å². The molecular formula is C9H10F3N3O3. The summed E-state index contributed by atoms with van der Waals surface area (Å²) in [5.74, 6) is -1.71. The number of alkyl halides is 3. The van der Waals surface area contributed by atoms with Gasteiger partial charge in [0.15, 0.2) is 5.75 Å². The molecule has 1 rings (SSSR count). The molecule has 1 aromatic rings. The van der Waals surface area contributed by atoms with E-state index in [4.69, 9.17) is 11.5 Å². The molecule has 0 unspecified atom stereocenters. The van der Waals surface area contributed by atoms with Gasteiger partial charge in [-0.25, -0.2) is 4.79 Å². The number of ether oxygens (including phenoxy) is 2. The number of nitrogens with zero attached hydrogens (tertiary/aromatic N) is 1.